The van der Waals surface area contributed by atoms with E-state index < -0.39 is 12.6 Å². The second-order valence-corrected chi connectivity index (χ2v) is 5.30. The normalized spacial score (nSPS) is 11.8. The lowest BCUT2D eigenvalue weighted by Gasteiger charge is -2.21. The maximum Gasteiger partial charge on any atom is 0.390 e. The number of guanidine groups is 1. The van der Waals surface area contributed by atoms with E-state index >= 15 is 0 Å². The van der Waals surface area contributed by atoms with Crippen LogP contribution in [0.3, 0.4) is 0 Å². The number of H-pyrrole nitrogens is 1. The summed E-state index contributed by atoms with van der Waals surface area (Å²) in [6, 6.07) is 9.76. The lowest BCUT2D eigenvalue weighted by Crippen LogP contribution is -2.40. The molecule has 1 aromatic heterocycles. The van der Waals surface area contributed by atoms with Crippen molar-refractivity contribution in [3.05, 3.63) is 42.4 Å². The van der Waals surface area contributed by atoms with Crippen molar-refractivity contribution in [1.29, 1.82) is 0 Å². The smallest absolute Gasteiger partial charge is 0.356 e. The fraction of sp³-hybridized carbons (Fsp3) is 0.375. The zero-order chi connectivity index (χ0) is 17.6. The summed E-state index contributed by atoms with van der Waals surface area (Å²) in [5.41, 5.74) is 1.91. The number of hydrogen-bond acceptors (Lipinski definition) is 2. The highest BCUT2D eigenvalue weighted by molar-refractivity contribution is 14.0. The Morgan fingerprint density at radius 2 is 1.96 bits per heavy atom. The Kier molecular flexibility index (Phi) is 8.20. The van der Waals surface area contributed by atoms with Crippen LogP contribution in [-0.4, -0.2) is 47.6 Å². The highest BCUT2D eigenvalue weighted by Gasteiger charge is 2.26. The molecule has 0 radical (unpaired) electrons. The van der Waals surface area contributed by atoms with Gasteiger partial charge in [0.15, 0.2) is 5.96 Å². The monoisotopic (exact) mass is 467 g/mol. The Bertz CT molecular complexity index is 670. The van der Waals surface area contributed by atoms with Crippen molar-refractivity contribution in [3.8, 4) is 11.3 Å². The van der Waals surface area contributed by atoms with E-state index in [1.165, 1.54) is 7.05 Å². The molecule has 5 nitrogen and oxygen atoms in total. The highest BCUT2D eigenvalue weighted by Crippen LogP contribution is 2.18. The molecule has 0 aliphatic carbocycles. The van der Waals surface area contributed by atoms with Gasteiger partial charge in [-0.25, -0.2) is 4.98 Å². The summed E-state index contributed by atoms with van der Waals surface area (Å²) in [4.78, 5) is 13.2. The highest BCUT2D eigenvalue weighted by atomic mass is 127. The molecule has 0 saturated heterocycles. The molecule has 0 aliphatic heterocycles. The minimum Gasteiger partial charge on any atom is -0.356 e. The summed E-state index contributed by atoms with van der Waals surface area (Å²) in [5, 5.41) is 2.70. The molecule has 2 aromatic rings. The van der Waals surface area contributed by atoms with Gasteiger partial charge in [0.25, 0.3) is 0 Å². The van der Waals surface area contributed by atoms with E-state index in [-0.39, 0.29) is 30.5 Å². The average molecular weight is 467 g/mol. The maximum atomic E-state index is 12.2. The van der Waals surface area contributed by atoms with Crippen molar-refractivity contribution in [3.63, 3.8) is 0 Å². The van der Waals surface area contributed by atoms with Crippen LogP contribution in [0.25, 0.3) is 11.3 Å². The van der Waals surface area contributed by atoms with Crippen LogP contribution < -0.4 is 5.32 Å². The molecule has 0 amide bonds. The van der Waals surface area contributed by atoms with Crippen LogP contribution in [0.5, 0.6) is 0 Å². The Labute approximate surface area is 161 Å². The Morgan fingerprint density at radius 3 is 2.56 bits per heavy atom. The SMILES string of the molecule is CN=C(NCCC(F)(F)F)N(C)Cc1ncc(-c2ccccc2)[nH]1.I. The molecule has 0 saturated carbocycles. The summed E-state index contributed by atoms with van der Waals surface area (Å²) in [7, 11) is 3.28. The fourth-order valence-corrected chi connectivity index (χ4v) is 2.21. The molecule has 25 heavy (non-hydrogen) atoms. The van der Waals surface area contributed by atoms with Crippen molar-refractivity contribution in [2.45, 2.75) is 19.1 Å². The van der Waals surface area contributed by atoms with Gasteiger partial charge < -0.3 is 15.2 Å². The molecule has 0 spiro atoms. The molecule has 138 valence electrons. The maximum absolute atomic E-state index is 12.2. The number of rotatable bonds is 5. The first-order valence-electron chi connectivity index (χ1n) is 7.47. The summed E-state index contributed by atoms with van der Waals surface area (Å²) in [5.74, 6) is 1.09. The number of aromatic amines is 1. The number of imidazole rings is 1. The lowest BCUT2D eigenvalue weighted by molar-refractivity contribution is -0.132. The number of halogens is 4. The first kappa shape index (κ1) is 21.3. The van der Waals surface area contributed by atoms with Crippen LogP contribution in [0.4, 0.5) is 13.2 Å². The van der Waals surface area contributed by atoms with Crippen molar-refractivity contribution in [2.24, 2.45) is 4.99 Å². The van der Waals surface area contributed by atoms with E-state index in [1.54, 1.807) is 18.1 Å². The van der Waals surface area contributed by atoms with Gasteiger partial charge in [0.2, 0.25) is 0 Å². The van der Waals surface area contributed by atoms with Gasteiger partial charge >= 0.3 is 6.18 Å². The molecule has 1 heterocycles. The second kappa shape index (κ2) is 9.64. The number of benzene rings is 1. The van der Waals surface area contributed by atoms with Crippen LogP contribution in [-0.2, 0) is 6.54 Å². The zero-order valence-electron chi connectivity index (χ0n) is 14.0. The number of nitrogens with zero attached hydrogens (tertiary/aromatic N) is 3. The molecule has 2 rings (SSSR count). The number of nitrogens with one attached hydrogen (secondary N) is 2. The second-order valence-electron chi connectivity index (χ2n) is 5.30. The molecule has 1 aromatic carbocycles. The Balaban J connectivity index is 0.00000312. The summed E-state index contributed by atoms with van der Waals surface area (Å²) < 4.78 is 36.6. The molecular weight excluding hydrogens is 446 g/mol. The first-order valence-corrected chi connectivity index (χ1v) is 7.47. The quantitative estimate of drug-likeness (QED) is 0.401. The standard InChI is InChI=1S/C16H20F3N5.HI/c1-20-15(21-9-8-16(17,18)19)24(2)11-14-22-10-13(23-14)12-6-4-3-5-7-12;/h3-7,10H,8-9,11H2,1-2H3,(H,20,21)(H,22,23);1H. The number of hydrogen-bond donors (Lipinski definition) is 2. The minimum atomic E-state index is -4.18. The molecule has 0 bridgehead atoms. The Hall–Kier alpha value is -1.78. The predicted molar refractivity (Wildman–Crippen MR) is 103 cm³/mol. The molecule has 9 heteroatoms. The summed E-state index contributed by atoms with van der Waals surface area (Å²) in [6.07, 6.45) is -3.35. The van der Waals surface area contributed by atoms with Gasteiger partial charge in [0, 0.05) is 20.6 Å². The molecular formula is C16H21F3IN5. The van der Waals surface area contributed by atoms with E-state index in [4.69, 9.17) is 0 Å². The third-order valence-electron chi connectivity index (χ3n) is 3.37. The number of alkyl halides is 3. The Morgan fingerprint density at radius 1 is 1.28 bits per heavy atom. The van der Waals surface area contributed by atoms with E-state index in [1.807, 2.05) is 30.3 Å². The largest absolute Gasteiger partial charge is 0.390 e. The van der Waals surface area contributed by atoms with Gasteiger partial charge in [-0.15, -0.1) is 24.0 Å². The molecule has 0 aliphatic rings. The van der Waals surface area contributed by atoms with Crippen molar-refractivity contribution < 1.29 is 13.2 Å². The third kappa shape index (κ3) is 6.92. The van der Waals surface area contributed by atoms with Gasteiger partial charge in [0.1, 0.15) is 5.82 Å². The molecule has 2 N–H and O–H groups in total. The average Bonchev–Trinajstić information content (AvgIpc) is 3.00. The minimum absolute atomic E-state index is 0. The van der Waals surface area contributed by atoms with Gasteiger partial charge in [-0.3, -0.25) is 4.99 Å². The topological polar surface area (TPSA) is 56.3 Å². The van der Waals surface area contributed by atoms with Crippen molar-refractivity contribution in [1.82, 2.24) is 20.2 Å². The first-order chi connectivity index (χ1) is 11.4. The molecule has 0 unspecified atom stereocenters. The van der Waals surface area contributed by atoms with Gasteiger partial charge in [0.05, 0.1) is 24.9 Å². The van der Waals surface area contributed by atoms with Crippen LogP contribution >= 0.6 is 24.0 Å². The summed E-state index contributed by atoms with van der Waals surface area (Å²) >= 11 is 0. The van der Waals surface area contributed by atoms with Gasteiger partial charge in [-0.05, 0) is 5.56 Å². The van der Waals surface area contributed by atoms with Gasteiger partial charge in [-0.1, -0.05) is 30.3 Å². The van der Waals surface area contributed by atoms with E-state index in [2.05, 4.69) is 20.3 Å². The van der Waals surface area contributed by atoms with Crippen LogP contribution in [0.1, 0.15) is 12.2 Å². The van der Waals surface area contributed by atoms with Gasteiger partial charge in [-0.2, -0.15) is 13.2 Å². The number of aliphatic imine (C=N–C) groups is 1. The van der Waals surface area contributed by atoms with Crippen molar-refractivity contribution in [2.75, 3.05) is 20.6 Å². The summed E-state index contributed by atoms with van der Waals surface area (Å²) in [6.45, 7) is 0.187. The molecule has 0 fully saturated rings. The van der Waals surface area contributed by atoms with Crippen LogP contribution in [0, 0.1) is 0 Å². The van der Waals surface area contributed by atoms with Crippen LogP contribution in [0.15, 0.2) is 41.5 Å². The van der Waals surface area contributed by atoms with E-state index in [9.17, 15) is 13.2 Å². The van der Waals surface area contributed by atoms with Crippen molar-refractivity contribution >= 4 is 29.9 Å². The lowest BCUT2D eigenvalue weighted by atomic mass is 10.2. The van der Waals surface area contributed by atoms with E-state index in [0.29, 0.717) is 18.3 Å². The molecule has 0 atom stereocenters. The van der Waals surface area contributed by atoms with Crippen LogP contribution in [0.2, 0.25) is 0 Å². The number of aromatic nitrogens is 2. The predicted octanol–water partition coefficient (Wildman–Crippen LogP) is 3.65. The zero-order valence-corrected chi connectivity index (χ0v) is 16.3. The van der Waals surface area contributed by atoms with E-state index in [0.717, 1.165) is 11.3 Å². The fourth-order valence-electron chi connectivity index (χ4n) is 2.21. The third-order valence-corrected chi connectivity index (χ3v) is 3.37.